The SMILES string of the molecule is CCOc1ccccc1[C@H]1C(C#N)=C(SCC(=O)N2CCCC2)NC(C)=C1C(=O)Nc1ccccc1. The van der Waals surface area contributed by atoms with E-state index in [1.165, 1.54) is 11.8 Å². The molecule has 1 saturated heterocycles. The van der Waals surface area contributed by atoms with Crippen LogP contribution in [0.2, 0.25) is 0 Å². The van der Waals surface area contributed by atoms with Crippen molar-refractivity contribution in [3.05, 3.63) is 82.0 Å². The number of likely N-dealkylation sites (tertiary alicyclic amines) is 1. The summed E-state index contributed by atoms with van der Waals surface area (Å²) in [5.74, 6) is -0.0364. The molecular weight excluding hydrogens is 472 g/mol. The monoisotopic (exact) mass is 502 g/mol. The Morgan fingerprint density at radius 3 is 2.53 bits per heavy atom. The third-order valence-corrected chi connectivity index (χ3v) is 7.25. The van der Waals surface area contributed by atoms with Crippen molar-refractivity contribution >= 4 is 29.3 Å². The average Bonchev–Trinajstić information content (AvgIpc) is 3.43. The number of rotatable bonds is 8. The maximum absolute atomic E-state index is 13.6. The molecule has 0 spiro atoms. The second kappa shape index (κ2) is 11.8. The van der Waals surface area contributed by atoms with Crippen LogP contribution in [0.1, 0.15) is 38.2 Å². The summed E-state index contributed by atoms with van der Waals surface area (Å²) >= 11 is 1.31. The minimum Gasteiger partial charge on any atom is -0.494 e. The number of nitriles is 1. The Kier molecular flexibility index (Phi) is 8.34. The van der Waals surface area contributed by atoms with Crippen LogP contribution in [0.5, 0.6) is 5.75 Å². The molecule has 2 aromatic carbocycles. The van der Waals surface area contributed by atoms with Crippen LogP contribution in [0, 0.1) is 11.3 Å². The molecule has 1 atom stereocenters. The van der Waals surface area contributed by atoms with Crippen molar-refractivity contribution in [1.29, 1.82) is 5.26 Å². The van der Waals surface area contributed by atoms with Crippen LogP contribution in [0.25, 0.3) is 0 Å². The number of carbonyl (C=O) groups excluding carboxylic acids is 2. The van der Waals surface area contributed by atoms with Crippen LogP contribution < -0.4 is 15.4 Å². The number of thioether (sulfide) groups is 1. The number of allylic oxidation sites excluding steroid dienone is 2. The fourth-order valence-corrected chi connectivity index (χ4v) is 5.55. The first kappa shape index (κ1) is 25.4. The number of para-hydroxylation sites is 2. The number of anilines is 1. The zero-order chi connectivity index (χ0) is 25.5. The van der Waals surface area contributed by atoms with Crippen LogP contribution in [-0.2, 0) is 9.59 Å². The normalized spacial score (nSPS) is 17.5. The fourth-order valence-electron chi connectivity index (χ4n) is 4.56. The molecule has 2 N–H and O–H groups in total. The maximum Gasteiger partial charge on any atom is 0.254 e. The molecule has 0 unspecified atom stereocenters. The second-order valence-corrected chi connectivity index (χ2v) is 9.60. The van der Waals surface area contributed by atoms with Gasteiger partial charge in [0, 0.05) is 35.6 Å². The van der Waals surface area contributed by atoms with Gasteiger partial charge in [0.2, 0.25) is 5.91 Å². The third-order valence-electron chi connectivity index (χ3n) is 6.25. The van der Waals surface area contributed by atoms with Gasteiger partial charge in [-0.2, -0.15) is 5.26 Å². The number of benzene rings is 2. The van der Waals surface area contributed by atoms with Crippen LogP contribution in [-0.4, -0.2) is 42.2 Å². The first-order chi connectivity index (χ1) is 17.5. The molecule has 0 aromatic heterocycles. The van der Waals surface area contributed by atoms with Crippen LogP contribution >= 0.6 is 11.8 Å². The number of carbonyl (C=O) groups is 2. The molecule has 2 aliphatic rings. The van der Waals surface area contributed by atoms with E-state index in [1.54, 1.807) is 0 Å². The van der Waals surface area contributed by atoms with Gasteiger partial charge in [0.1, 0.15) is 5.75 Å². The number of nitrogens with zero attached hydrogens (tertiary/aromatic N) is 2. The summed E-state index contributed by atoms with van der Waals surface area (Å²) in [5.41, 5.74) is 2.87. The topological polar surface area (TPSA) is 94.5 Å². The van der Waals surface area contributed by atoms with E-state index in [1.807, 2.05) is 73.3 Å². The van der Waals surface area contributed by atoms with E-state index in [0.29, 0.717) is 39.9 Å². The van der Waals surface area contributed by atoms with Crippen molar-refractivity contribution in [3.63, 3.8) is 0 Å². The molecule has 2 amide bonds. The van der Waals surface area contributed by atoms with Gasteiger partial charge in [0.05, 0.1) is 34.9 Å². The predicted molar refractivity (Wildman–Crippen MR) is 142 cm³/mol. The van der Waals surface area contributed by atoms with E-state index in [0.717, 1.165) is 31.5 Å². The quantitative estimate of drug-likeness (QED) is 0.540. The number of nitrogens with one attached hydrogen (secondary N) is 2. The molecule has 7 nitrogen and oxygen atoms in total. The van der Waals surface area contributed by atoms with Crippen LogP contribution in [0.15, 0.2) is 76.5 Å². The summed E-state index contributed by atoms with van der Waals surface area (Å²) in [6.45, 7) is 5.74. The molecule has 0 bridgehead atoms. The number of ether oxygens (including phenoxy) is 1. The minimum absolute atomic E-state index is 0.0598. The van der Waals surface area contributed by atoms with Gasteiger partial charge in [0.25, 0.3) is 5.91 Å². The van der Waals surface area contributed by atoms with Crippen LogP contribution in [0.3, 0.4) is 0 Å². The molecule has 0 radical (unpaired) electrons. The smallest absolute Gasteiger partial charge is 0.254 e. The summed E-state index contributed by atoms with van der Waals surface area (Å²) in [6, 6.07) is 19.0. The second-order valence-electron chi connectivity index (χ2n) is 8.62. The average molecular weight is 503 g/mol. The highest BCUT2D eigenvalue weighted by atomic mass is 32.2. The van der Waals surface area contributed by atoms with Crippen molar-refractivity contribution < 1.29 is 14.3 Å². The summed E-state index contributed by atoms with van der Waals surface area (Å²) in [7, 11) is 0. The predicted octanol–water partition coefficient (Wildman–Crippen LogP) is 4.78. The highest BCUT2D eigenvalue weighted by Gasteiger charge is 2.36. The minimum atomic E-state index is -0.646. The Morgan fingerprint density at radius 1 is 1.14 bits per heavy atom. The van der Waals surface area contributed by atoms with E-state index < -0.39 is 5.92 Å². The van der Waals surface area contributed by atoms with Gasteiger partial charge >= 0.3 is 0 Å². The van der Waals surface area contributed by atoms with Crippen molar-refractivity contribution in [3.8, 4) is 11.8 Å². The third kappa shape index (κ3) is 5.58. The molecule has 2 heterocycles. The molecule has 0 aliphatic carbocycles. The van der Waals surface area contributed by atoms with Crippen molar-refractivity contribution in [2.24, 2.45) is 0 Å². The fraction of sp³-hybridized carbons (Fsp3) is 0.321. The lowest BCUT2D eigenvalue weighted by atomic mass is 9.81. The van der Waals surface area contributed by atoms with E-state index >= 15 is 0 Å². The molecule has 2 aliphatic heterocycles. The maximum atomic E-state index is 13.6. The molecular formula is C28H30N4O3S. The molecule has 8 heteroatoms. The van der Waals surface area contributed by atoms with Gasteiger partial charge in [-0.05, 0) is 44.9 Å². The first-order valence-electron chi connectivity index (χ1n) is 12.1. The zero-order valence-electron chi connectivity index (χ0n) is 20.5. The standard InChI is InChI=1S/C28H30N4O3S/c1-3-35-23-14-8-7-13-21(23)26-22(17-29)28(36-18-24(33)32-15-9-10-16-32)30-19(2)25(26)27(34)31-20-11-5-4-6-12-20/h4-8,11-14,26,30H,3,9-10,15-16,18H2,1-2H3,(H,31,34)/t26-/m0/s1. The van der Waals surface area contributed by atoms with Crippen molar-refractivity contribution in [2.45, 2.75) is 32.6 Å². The van der Waals surface area contributed by atoms with Gasteiger partial charge < -0.3 is 20.3 Å². The van der Waals surface area contributed by atoms with E-state index in [9.17, 15) is 14.9 Å². The van der Waals surface area contributed by atoms with Gasteiger partial charge in [-0.15, -0.1) is 0 Å². The number of dihydropyridines is 1. The highest BCUT2D eigenvalue weighted by molar-refractivity contribution is 8.03. The molecule has 186 valence electrons. The Hall–Kier alpha value is -3.70. The molecule has 0 saturated carbocycles. The largest absolute Gasteiger partial charge is 0.494 e. The lowest BCUT2D eigenvalue weighted by Crippen LogP contribution is -2.32. The zero-order valence-corrected chi connectivity index (χ0v) is 21.4. The van der Waals surface area contributed by atoms with Gasteiger partial charge in [-0.1, -0.05) is 48.2 Å². The van der Waals surface area contributed by atoms with Crippen LogP contribution in [0.4, 0.5) is 5.69 Å². The molecule has 2 aromatic rings. The molecule has 1 fully saturated rings. The number of hydrogen-bond donors (Lipinski definition) is 2. The number of amides is 2. The van der Waals surface area contributed by atoms with Gasteiger partial charge in [-0.25, -0.2) is 0 Å². The van der Waals surface area contributed by atoms with E-state index in [4.69, 9.17) is 4.74 Å². The molecule has 36 heavy (non-hydrogen) atoms. The van der Waals surface area contributed by atoms with Gasteiger partial charge in [0.15, 0.2) is 0 Å². The molecule has 4 rings (SSSR count). The van der Waals surface area contributed by atoms with E-state index in [2.05, 4.69) is 16.7 Å². The Labute approximate surface area is 216 Å². The van der Waals surface area contributed by atoms with Crippen molar-refractivity contribution in [1.82, 2.24) is 10.2 Å². The van der Waals surface area contributed by atoms with Gasteiger partial charge in [-0.3, -0.25) is 9.59 Å². The summed E-state index contributed by atoms with van der Waals surface area (Å²) < 4.78 is 5.89. The number of hydrogen-bond acceptors (Lipinski definition) is 6. The lowest BCUT2D eigenvalue weighted by Gasteiger charge is -2.31. The van der Waals surface area contributed by atoms with E-state index in [-0.39, 0.29) is 17.6 Å². The lowest BCUT2D eigenvalue weighted by molar-refractivity contribution is -0.127. The highest BCUT2D eigenvalue weighted by Crippen LogP contribution is 2.44. The Morgan fingerprint density at radius 2 is 1.83 bits per heavy atom. The Balaban J connectivity index is 1.72. The first-order valence-corrected chi connectivity index (χ1v) is 13.1. The Bertz CT molecular complexity index is 1230. The summed E-state index contributed by atoms with van der Waals surface area (Å²) in [6.07, 6.45) is 2.05. The van der Waals surface area contributed by atoms with Crippen molar-refractivity contribution in [2.75, 3.05) is 30.8 Å². The summed E-state index contributed by atoms with van der Waals surface area (Å²) in [4.78, 5) is 28.2. The summed E-state index contributed by atoms with van der Waals surface area (Å²) in [5, 5.41) is 17.1.